The van der Waals surface area contributed by atoms with Gasteiger partial charge in [-0.25, -0.2) is 9.59 Å². The normalized spacial score (nSPS) is 10.9. The number of benzene rings is 2. The maximum atomic E-state index is 12.2. The summed E-state index contributed by atoms with van der Waals surface area (Å²) in [6, 6.07) is 10.5. The van der Waals surface area contributed by atoms with Crippen LogP contribution in [0.15, 0.2) is 36.4 Å². The molecule has 0 saturated heterocycles. The third kappa shape index (κ3) is 13.2. The van der Waals surface area contributed by atoms with E-state index >= 15 is 0 Å². The molecule has 0 spiro atoms. The van der Waals surface area contributed by atoms with Crippen molar-refractivity contribution >= 4 is 23.1 Å². The Morgan fingerprint density at radius 2 is 0.842 bits per heavy atom. The monoisotopic (exact) mass is 528 g/mol. The molecule has 6 nitrogen and oxygen atoms in total. The Hall–Kier alpha value is -2.76. The van der Waals surface area contributed by atoms with Crippen LogP contribution >= 0.6 is 0 Å². The Labute approximate surface area is 229 Å². The van der Waals surface area contributed by atoms with Crippen LogP contribution in [0.1, 0.15) is 117 Å². The summed E-state index contributed by atoms with van der Waals surface area (Å²) in [6.45, 7) is 5.13. The maximum Gasteiger partial charge on any atom is 0.513 e. The average Bonchev–Trinajstić information content (AvgIpc) is 2.92. The van der Waals surface area contributed by atoms with Gasteiger partial charge in [0.05, 0.1) is 13.2 Å². The maximum absolute atomic E-state index is 12.2. The van der Waals surface area contributed by atoms with E-state index in [1.54, 1.807) is 12.1 Å². The number of hydrogen-bond acceptors (Lipinski definition) is 6. The van der Waals surface area contributed by atoms with Gasteiger partial charge in [0.2, 0.25) is 0 Å². The fourth-order valence-electron chi connectivity index (χ4n) is 4.44. The molecule has 0 atom stereocenters. The standard InChI is InChI=1S/C32H48O6/c1-3-5-7-9-11-13-15-19-25-35-31(33)37-29-23-24-30(28-22-18-17-21-27(28)29)38-32(34)36-26-20-16-14-12-10-8-6-4-2/h17-18,21-24H,3-16,19-20,25-26H2,1-2H3. The quantitative estimate of drug-likeness (QED) is 0.0967. The van der Waals surface area contributed by atoms with E-state index in [-0.39, 0.29) is 0 Å². The van der Waals surface area contributed by atoms with Gasteiger partial charge in [-0.1, -0.05) is 128 Å². The molecule has 0 aliphatic rings. The van der Waals surface area contributed by atoms with E-state index in [1.165, 1.54) is 64.2 Å². The average molecular weight is 529 g/mol. The second kappa shape index (κ2) is 20.2. The number of carbonyl (C=O) groups is 2. The molecule has 2 rings (SSSR count). The van der Waals surface area contributed by atoms with Gasteiger partial charge in [0.15, 0.2) is 0 Å². The lowest BCUT2D eigenvalue weighted by atomic mass is 10.1. The fourth-order valence-corrected chi connectivity index (χ4v) is 4.44. The summed E-state index contributed by atoms with van der Waals surface area (Å²) in [5, 5.41) is 1.31. The van der Waals surface area contributed by atoms with Crippen LogP contribution in [0, 0.1) is 0 Å². The topological polar surface area (TPSA) is 71.1 Å². The summed E-state index contributed by atoms with van der Waals surface area (Å²) < 4.78 is 21.4. The molecule has 0 bridgehead atoms. The van der Waals surface area contributed by atoms with Crippen LogP contribution in [-0.2, 0) is 9.47 Å². The Kier molecular flexibility index (Phi) is 16.8. The van der Waals surface area contributed by atoms with Gasteiger partial charge in [0, 0.05) is 10.8 Å². The zero-order valence-corrected chi connectivity index (χ0v) is 23.6. The lowest BCUT2D eigenvalue weighted by molar-refractivity contribution is 0.0958. The van der Waals surface area contributed by atoms with Crippen molar-refractivity contribution in [1.82, 2.24) is 0 Å². The van der Waals surface area contributed by atoms with E-state index in [0.29, 0.717) is 35.5 Å². The highest BCUT2D eigenvalue weighted by molar-refractivity contribution is 5.95. The number of ether oxygens (including phenoxy) is 4. The van der Waals surface area contributed by atoms with Crippen molar-refractivity contribution in [3.05, 3.63) is 36.4 Å². The Bertz CT molecular complexity index is 851. The van der Waals surface area contributed by atoms with Crippen molar-refractivity contribution < 1.29 is 28.5 Å². The van der Waals surface area contributed by atoms with Crippen LogP contribution in [0.4, 0.5) is 9.59 Å². The van der Waals surface area contributed by atoms with E-state index in [0.717, 1.165) is 38.5 Å². The molecule has 2 aromatic rings. The van der Waals surface area contributed by atoms with E-state index in [2.05, 4.69) is 13.8 Å². The minimum Gasteiger partial charge on any atom is -0.434 e. The molecule has 0 heterocycles. The first-order valence-electron chi connectivity index (χ1n) is 14.9. The van der Waals surface area contributed by atoms with Crippen LogP contribution in [0.2, 0.25) is 0 Å². The Balaban J connectivity index is 1.72. The summed E-state index contributed by atoms with van der Waals surface area (Å²) in [5.41, 5.74) is 0. The first-order chi connectivity index (χ1) is 18.7. The summed E-state index contributed by atoms with van der Waals surface area (Å²) in [7, 11) is 0. The van der Waals surface area contributed by atoms with Crippen LogP contribution in [-0.4, -0.2) is 25.5 Å². The molecular formula is C32H48O6. The summed E-state index contributed by atoms with van der Waals surface area (Å²) in [5.74, 6) is 0.724. The second-order valence-electron chi connectivity index (χ2n) is 9.96. The fraction of sp³-hybridized carbons (Fsp3) is 0.625. The second-order valence-corrected chi connectivity index (χ2v) is 9.96. The summed E-state index contributed by atoms with van der Waals surface area (Å²) >= 11 is 0. The van der Waals surface area contributed by atoms with Crippen molar-refractivity contribution in [2.24, 2.45) is 0 Å². The predicted molar refractivity (Wildman–Crippen MR) is 153 cm³/mol. The molecule has 2 aromatic carbocycles. The van der Waals surface area contributed by atoms with Crippen molar-refractivity contribution in [2.45, 2.75) is 117 Å². The molecule has 0 aliphatic heterocycles. The van der Waals surface area contributed by atoms with Crippen LogP contribution in [0.25, 0.3) is 10.8 Å². The Morgan fingerprint density at radius 1 is 0.500 bits per heavy atom. The van der Waals surface area contributed by atoms with Gasteiger partial charge in [0.25, 0.3) is 0 Å². The molecule has 0 amide bonds. The van der Waals surface area contributed by atoms with Crippen LogP contribution in [0.5, 0.6) is 11.5 Å². The zero-order valence-electron chi connectivity index (χ0n) is 23.6. The van der Waals surface area contributed by atoms with Crippen molar-refractivity contribution in [1.29, 1.82) is 0 Å². The van der Waals surface area contributed by atoms with Gasteiger partial charge in [-0.05, 0) is 25.0 Å². The van der Waals surface area contributed by atoms with Crippen molar-refractivity contribution in [3.63, 3.8) is 0 Å². The molecule has 6 heteroatoms. The minimum absolute atomic E-state index is 0.345. The van der Waals surface area contributed by atoms with Gasteiger partial charge < -0.3 is 18.9 Å². The van der Waals surface area contributed by atoms with Crippen LogP contribution in [0.3, 0.4) is 0 Å². The first kappa shape index (κ1) is 31.5. The first-order valence-corrected chi connectivity index (χ1v) is 14.9. The molecule has 0 saturated carbocycles. The highest BCUT2D eigenvalue weighted by atomic mass is 16.7. The van der Waals surface area contributed by atoms with E-state index in [1.807, 2.05) is 24.3 Å². The lowest BCUT2D eigenvalue weighted by Gasteiger charge is -2.12. The van der Waals surface area contributed by atoms with Crippen molar-refractivity contribution in [2.75, 3.05) is 13.2 Å². The predicted octanol–water partition coefficient (Wildman–Crippen LogP) is 10.2. The van der Waals surface area contributed by atoms with Gasteiger partial charge in [-0.3, -0.25) is 0 Å². The van der Waals surface area contributed by atoms with Gasteiger partial charge in [-0.2, -0.15) is 0 Å². The number of fused-ring (bicyclic) bond motifs is 1. The molecule has 38 heavy (non-hydrogen) atoms. The molecule has 0 fully saturated rings. The number of hydrogen-bond donors (Lipinski definition) is 0. The van der Waals surface area contributed by atoms with Gasteiger partial charge in [0.1, 0.15) is 11.5 Å². The number of rotatable bonds is 20. The minimum atomic E-state index is -0.725. The van der Waals surface area contributed by atoms with E-state index in [9.17, 15) is 9.59 Å². The largest absolute Gasteiger partial charge is 0.513 e. The van der Waals surface area contributed by atoms with Gasteiger partial charge >= 0.3 is 12.3 Å². The molecule has 0 aliphatic carbocycles. The smallest absolute Gasteiger partial charge is 0.434 e. The highest BCUT2D eigenvalue weighted by Crippen LogP contribution is 2.33. The van der Waals surface area contributed by atoms with Gasteiger partial charge in [-0.15, -0.1) is 0 Å². The highest BCUT2D eigenvalue weighted by Gasteiger charge is 2.15. The number of unbranched alkanes of at least 4 members (excludes halogenated alkanes) is 14. The number of carbonyl (C=O) groups excluding carboxylic acids is 2. The summed E-state index contributed by atoms with van der Waals surface area (Å²) in [4.78, 5) is 24.5. The third-order valence-corrected chi connectivity index (χ3v) is 6.67. The molecule has 212 valence electrons. The third-order valence-electron chi connectivity index (χ3n) is 6.67. The Morgan fingerprint density at radius 3 is 1.21 bits per heavy atom. The lowest BCUT2D eigenvalue weighted by Crippen LogP contribution is -2.13. The molecule has 0 aromatic heterocycles. The molecule has 0 unspecified atom stereocenters. The zero-order chi connectivity index (χ0) is 27.3. The van der Waals surface area contributed by atoms with E-state index in [4.69, 9.17) is 18.9 Å². The summed E-state index contributed by atoms with van der Waals surface area (Å²) in [6.07, 6.45) is 17.4. The SMILES string of the molecule is CCCCCCCCCCOC(=O)Oc1ccc(OC(=O)OCCCCCCCCCC)c2ccccc12. The molecule has 0 radical (unpaired) electrons. The molecule has 0 N–H and O–H groups in total. The van der Waals surface area contributed by atoms with E-state index < -0.39 is 12.3 Å². The molecular weight excluding hydrogens is 480 g/mol. The van der Waals surface area contributed by atoms with Crippen molar-refractivity contribution in [3.8, 4) is 11.5 Å². The van der Waals surface area contributed by atoms with Crippen LogP contribution < -0.4 is 9.47 Å².